The van der Waals surface area contributed by atoms with Crippen molar-refractivity contribution in [2.45, 2.75) is 39.0 Å². The molecule has 0 saturated heterocycles. The number of rotatable bonds is 10. The predicted molar refractivity (Wildman–Crippen MR) is 133 cm³/mol. The molecule has 3 N–H and O–H groups in total. The van der Waals surface area contributed by atoms with Crippen LogP contribution in [0.4, 0.5) is 0 Å². The maximum Gasteiger partial charge on any atom is 0.272 e. The smallest absolute Gasteiger partial charge is 0.272 e. The minimum absolute atomic E-state index is 0.205. The quantitative estimate of drug-likeness (QED) is 0.319. The summed E-state index contributed by atoms with van der Waals surface area (Å²) in [6.07, 6.45) is 5.27. The van der Waals surface area contributed by atoms with Gasteiger partial charge in [0.25, 0.3) is 5.91 Å². The summed E-state index contributed by atoms with van der Waals surface area (Å²) in [6.45, 7) is 3.22. The van der Waals surface area contributed by atoms with Crippen molar-refractivity contribution in [3.63, 3.8) is 0 Å². The Labute approximate surface area is 203 Å². The summed E-state index contributed by atoms with van der Waals surface area (Å²) in [5.74, 6) is -0.205. The molecule has 32 heavy (non-hydrogen) atoms. The van der Waals surface area contributed by atoms with E-state index in [9.17, 15) is 4.79 Å². The van der Waals surface area contributed by atoms with Crippen LogP contribution in [0.2, 0.25) is 15.1 Å². The number of benzene rings is 2. The maximum absolute atomic E-state index is 12.9. The first-order valence-electron chi connectivity index (χ1n) is 10.7. The zero-order valence-electron chi connectivity index (χ0n) is 18.0. The summed E-state index contributed by atoms with van der Waals surface area (Å²) in [5.41, 5.74) is 8.95. The summed E-state index contributed by atoms with van der Waals surface area (Å²) in [5, 5.41) is 9.23. The van der Waals surface area contributed by atoms with Gasteiger partial charge in [-0.05, 0) is 56.6 Å². The van der Waals surface area contributed by atoms with Crippen LogP contribution < -0.4 is 11.1 Å². The number of carbonyl (C=O) groups excluding carboxylic acids is 1. The van der Waals surface area contributed by atoms with E-state index in [0.717, 1.165) is 55.5 Å². The number of hydrogen-bond acceptors (Lipinski definition) is 3. The van der Waals surface area contributed by atoms with E-state index < -0.39 is 0 Å². The number of carbonyl (C=O) groups is 1. The number of nitrogens with one attached hydrogen (secondary N) is 1. The molecule has 0 unspecified atom stereocenters. The number of halogens is 3. The first-order chi connectivity index (χ1) is 15.4. The van der Waals surface area contributed by atoms with E-state index in [1.54, 1.807) is 22.9 Å². The largest absolute Gasteiger partial charge is 0.351 e. The third-order valence-corrected chi connectivity index (χ3v) is 6.05. The topological polar surface area (TPSA) is 72.9 Å². The number of aromatic nitrogens is 2. The Balaban J connectivity index is 1.87. The van der Waals surface area contributed by atoms with Crippen LogP contribution in [0.3, 0.4) is 0 Å². The van der Waals surface area contributed by atoms with Gasteiger partial charge in [0.1, 0.15) is 0 Å². The average molecular weight is 494 g/mol. The van der Waals surface area contributed by atoms with Crippen LogP contribution in [0.1, 0.15) is 48.2 Å². The van der Waals surface area contributed by atoms with Crippen LogP contribution in [0.25, 0.3) is 16.9 Å². The first-order valence-corrected chi connectivity index (χ1v) is 11.8. The molecule has 0 fully saturated rings. The van der Waals surface area contributed by atoms with Gasteiger partial charge in [-0.15, -0.1) is 0 Å². The molecule has 0 saturated carbocycles. The van der Waals surface area contributed by atoms with E-state index in [1.165, 1.54) is 0 Å². The number of nitrogens with zero attached hydrogens (tertiary/aromatic N) is 2. The molecule has 1 amide bonds. The molecule has 0 bridgehead atoms. The van der Waals surface area contributed by atoms with Gasteiger partial charge in [0.2, 0.25) is 0 Å². The third kappa shape index (κ3) is 6.04. The highest BCUT2D eigenvalue weighted by molar-refractivity contribution is 6.35. The van der Waals surface area contributed by atoms with Crippen LogP contribution in [0, 0.1) is 6.92 Å². The fraction of sp³-hybridized carbons (Fsp3) is 0.333. The molecular weight excluding hydrogens is 467 g/mol. The SMILES string of the molecule is Cc1c(C(=O)NCCCCCCCN)nn(-c2ccc(Cl)cc2Cl)c1-c1ccc(Cl)cc1. The molecule has 3 aromatic rings. The van der Waals surface area contributed by atoms with Gasteiger partial charge >= 0.3 is 0 Å². The Bertz CT molecular complexity index is 1060. The molecule has 0 aliphatic heterocycles. The number of unbranched alkanes of at least 4 members (excludes halogenated alkanes) is 4. The zero-order chi connectivity index (χ0) is 23.1. The van der Waals surface area contributed by atoms with E-state index >= 15 is 0 Å². The van der Waals surface area contributed by atoms with Gasteiger partial charge in [0.15, 0.2) is 5.69 Å². The fourth-order valence-corrected chi connectivity index (χ4v) is 4.19. The van der Waals surface area contributed by atoms with Gasteiger partial charge in [-0.25, -0.2) is 4.68 Å². The number of amides is 1. The van der Waals surface area contributed by atoms with Crippen molar-refractivity contribution in [2.75, 3.05) is 13.1 Å². The summed E-state index contributed by atoms with van der Waals surface area (Å²) >= 11 is 18.6. The van der Waals surface area contributed by atoms with Crippen LogP contribution >= 0.6 is 34.8 Å². The molecule has 2 aromatic carbocycles. The van der Waals surface area contributed by atoms with Gasteiger partial charge < -0.3 is 11.1 Å². The van der Waals surface area contributed by atoms with Gasteiger partial charge in [-0.2, -0.15) is 5.10 Å². The molecule has 5 nitrogen and oxygen atoms in total. The average Bonchev–Trinajstić information content (AvgIpc) is 3.10. The number of nitrogens with two attached hydrogens (primary N) is 1. The summed E-state index contributed by atoms with van der Waals surface area (Å²) in [6, 6.07) is 12.6. The first kappa shape index (κ1) is 24.6. The molecule has 170 valence electrons. The van der Waals surface area contributed by atoms with Gasteiger partial charge in [0.05, 0.1) is 16.4 Å². The summed E-state index contributed by atoms with van der Waals surface area (Å²) in [4.78, 5) is 12.9. The highest BCUT2D eigenvalue weighted by atomic mass is 35.5. The van der Waals surface area contributed by atoms with Crippen molar-refractivity contribution in [1.29, 1.82) is 0 Å². The standard InChI is InChI=1S/C24H27Cl3N4O/c1-16-22(24(32)29-14-6-4-2-3-5-13-28)30-31(21-12-11-19(26)15-20(21)27)23(16)17-7-9-18(25)10-8-17/h7-12,15H,2-6,13-14,28H2,1H3,(H,29,32). The lowest BCUT2D eigenvalue weighted by Gasteiger charge is -2.11. The van der Waals surface area contributed by atoms with Crippen molar-refractivity contribution in [3.8, 4) is 16.9 Å². The Morgan fingerprint density at radius 3 is 2.31 bits per heavy atom. The predicted octanol–water partition coefficient (Wildman–Crippen LogP) is 6.45. The van der Waals surface area contributed by atoms with Crippen molar-refractivity contribution < 1.29 is 4.79 Å². The zero-order valence-corrected chi connectivity index (χ0v) is 20.3. The highest BCUT2D eigenvalue weighted by Gasteiger charge is 2.23. The Kier molecular flexibility index (Phi) is 9.00. The normalized spacial score (nSPS) is 11.0. The minimum Gasteiger partial charge on any atom is -0.351 e. The molecule has 0 atom stereocenters. The molecule has 1 aromatic heterocycles. The van der Waals surface area contributed by atoms with Crippen LogP contribution in [-0.4, -0.2) is 28.8 Å². The lowest BCUT2D eigenvalue weighted by Crippen LogP contribution is -2.25. The maximum atomic E-state index is 12.9. The second-order valence-electron chi connectivity index (χ2n) is 7.65. The molecule has 0 spiro atoms. The second-order valence-corrected chi connectivity index (χ2v) is 8.93. The molecule has 0 aliphatic rings. The van der Waals surface area contributed by atoms with Crippen molar-refractivity contribution >= 4 is 40.7 Å². The Hall–Kier alpha value is -2.05. The third-order valence-electron chi connectivity index (χ3n) is 5.26. The van der Waals surface area contributed by atoms with Crippen molar-refractivity contribution in [1.82, 2.24) is 15.1 Å². The van der Waals surface area contributed by atoms with Crippen LogP contribution in [0.15, 0.2) is 42.5 Å². The van der Waals surface area contributed by atoms with Gasteiger partial charge in [-0.3, -0.25) is 4.79 Å². The van der Waals surface area contributed by atoms with Gasteiger partial charge in [-0.1, -0.05) is 66.2 Å². The van der Waals surface area contributed by atoms with Gasteiger partial charge in [0, 0.05) is 27.7 Å². The van der Waals surface area contributed by atoms with Crippen molar-refractivity contribution in [2.24, 2.45) is 5.73 Å². The van der Waals surface area contributed by atoms with Crippen LogP contribution in [-0.2, 0) is 0 Å². The molecule has 3 rings (SSSR count). The van der Waals surface area contributed by atoms with E-state index in [4.69, 9.17) is 40.5 Å². The number of hydrogen-bond donors (Lipinski definition) is 2. The Morgan fingerprint density at radius 1 is 0.969 bits per heavy atom. The van der Waals surface area contributed by atoms with E-state index in [-0.39, 0.29) is 5.91 Å². The lowest BCUT2D eigenvalue weighted by atomic mass is 10.1. The second kappa shape index (κ2) is 11.7. The highest BCUT2D eigenvalue weighted by Crippen LogP contribution is 2.33. The minimum atomic E-state index is -0.205. The summed E-state index contributed by atoms with van der Waals surface area (Å²) < 4.78 is 1.69. The monoisotopic (exact) mass is 492 g/mol. The van der Waals surface area contributed by atoms with E-state index in [1.807, 2.05) is 31.2 Å². The van der Waals surface area contributed by atoms with E-state index in [0.29, 0.717) is 33.0 Å². The summed E-state index contributed by atoms with van der Waals surface area (Å²) in [7, 11) is 0. The lowest BCUT2D eigenvalue weighted by molar-refractivity contribution is 0.0947. The fourth-order valence-electron chi connectivity index (χ4n) is 3.57. The molecule has 0 aliphatic carbocycles. The molecule has 8 heteroatoms. The molecule has 1 heterocycles. The van der Waals surface area contributed by atoms with Crippen LogP contribution in [0.5, 0.6) is 0 Å². The molecular formula is C24H27Cl3N4O. The van der Waals surface area contributed by atoms with E-state index in [2.05, 4.69) is 10.4 Å². The Morgan fingerprint density at radius 2 is 1.62 bits per heavy atom. The van der Waals surface area contributed by atoms with Crippen molar-refractivity contribution in [3.05, 3.63) is 68.8 Å². The molecule has 0 radical (unpaired) electrons.